The van der Waals surface area contributed by atoms with Crippen LogP contribution in [0.4, 0.5) is 0 Å². The molecule has 0 aliphatic carbocycles. The molecule has 0 bridgehead atoms. The van der Waals surface area contributed by atoms with Crippen molar-refractivity contribution in [3.05, 3.63) is 0 Å². The zero-order chi connectivity index (χ0) is 11.6. The van der Waals surface area contributed by atoms with Crippen molar-refractivity contribution in [2.75, 3.05) is 0 Å². The van der Waals surface area contributed by atoms with Crippen LogP contribution in [-0.2, 0) is 0 Å². The Labute approximate surface area is 91.0 Å². The SMILES string of the molecule is CC(C)N(P=NC(C)(C)C)C(C)(C)C. The summed E-state index contributed by atoms with van der Waals surface area (Å²) in [4.78, 5) is 0. The van der Waals surface area contributed by atoms with Crippen molar-refractivity contribution in [1.82, 2.24) is 4.67 Å². The molecule has 0 saturated carbocycles. The van der Waals surface area contributed by atoms with Gasteiger partial charge < -0.3 is 0 Å². The molecular formula is C11H25N2P. The second kappa shape index (κ2) is 4.72. The average molecular weight is 216 g/mol. The Balaban J connectivity index is 4.64. The first kappa shape index (κ1) is 14.1. The van der Waals surface area contributed by atoms with Gasteiger partial charge in [0.1, 0.15) is 0 Å². The van der Waals surface area contributed by atoms with E-state index in [9.17, 15) is 0 Å². The van der Waals surface area contributed by atoms with E-state index in [1.165, 1.54) is 0 Å². The van der Waals surface area contributed by atoms with Gasteiger partial charge in [-0.05, 0) is 55.4 Å². The molecule has 0 fully saturated rings. The minimum atomic E-state index is 0.0555. The Morgan fingerprint density at radius 1 is 1.00 bits per heavy atom. The standard InChI is InChI=1S/C11H25N2P/c1-9(2)13(11(6,7)8)14-12-10(3,4)5/h9H,1-8H3. The molecule has 0 aliphatic heterocycles. The van der Waals surface area contributed by atoms with Gasteiger partial charge in [-0.15, -0.1) is 0 Å². The third kappa shape index (κ3) is 5.72. The van der Waals surface area contributed by atoms with E-state index in [2.05, 4.69) is 64.8 Å². The van der Waals surface area contributed by atoms with E-state index in [0.29, 0.717) is 6.04 Å². The topological polar surface area (TPSA) is 15.6 Å². The van der Waals surface area contributed by atoms with Gasteiger partial charge in [0.05, 0.1) is 14.1 Å². The highest BCUT2D eigenvalue weighted by molar-refractivity contribution is 7.23. The van der Waals surface area contributed by atoms with Crippen LogP contribution in [0, 0.1) is 0 Å². The van der Waals surface area contributed by atoms with Crippen LogP contribution in [0.1, 0.15) is 55.4 Å². The van der Waals surface area contributed by atoms with Gasteiger partial charge in [0.15, 0.2) is 0 Å². The van der Waals surface area contributed by atoms with Gasteiger partial charge in [0.25, 0.3) is 0 Å². The summed E-state index contributed by atoms with van der Waals surface area (Å²) in [6.07, 6.45) is 0. The highest BCUT2D eigenvalue weighted by Crippen LogP contribution is 2.28. The Morgan fingerprint density at radius 2 is 1.43 bits per heavy atom. The zero-order valence-corrected chi connectivity index (χ0v) is 11.8. The molecule has 0 heterocycles. The Morgan fingerprint density at radius 3 is 1.64 bits per heavy atom. The fraction of sp³-hybridized carbons (Fsp3) is 1.00. The summed E-state index contributed by atoms with van der Waals surface area (Å²) in [7, 11) is 1.08. The summed E-state index contributed by atoms with van der Waals surface area (Å²) in [6.45, 7) is 17.6. The van der Waals surface area contributed by atoms with Gasteiger partial charge in [-0.3, -0.25) is 0 Å². The molecule has 84 valence electrons. The molecule has 0 spiro atoms. The first-order valence-corrected chi connectivity index (χ1v) is 6.06. The predicted molar refractivity (Wildman–Crippen MR) is 65.8 cm³/mol. The average Bonchev–Trinajstić information content (AvgIpc) is 1.79. The molecule has 0 rings (SSSR count). The third-order valence-corrected chi connectivity index (χ3v) is 3.56. The summed E-state index contributed by atoms with van der Waals surface area (Å²) < 4.78 is 7.03. The van der Waals surface area contributed by atoms with Crippen molar-refractivity contribution in [3.8, 4) is 0 Å². The number of nitrogens with zero attached hydrogens (tertiary/aromatic N) is 2. The Kier molecular flexibility index (Phi) is 4.74. The van der Waals surface area contributed by atoms with Crippen LogP contribution < -0.4 is 0 Å². The molecule has 0 aromatic carbocycles. The van der Waals surface area contributed by atoms with E-state index in [4.69, 9.17) is 0 Å². The van der Waals surface area contributed by atoms with Gasteiger partial charge in [-0.2, -0.15) is 0 Å². The fourth-order valence-corrected chi connectivity index (χ4v) is 2.03. The molecule has 0 amide bonds. The molecule has 0 saturated heterocycles. The summed E-state index contributed by atoms with van der Waals surface area (Å²) in [6, 6.07) is 0.530. The number of rotatable bonds is 2. The maximum atomic E-state index is 4.64. The molecule has 0 aromatic heterocycles. The van der Waals surface area contributed by atoms with Crippen molar-refractivity contribution >= 4 is 8.52 Å². The maximum absolute atomic E-state index is 4.64. The van der Waals surface area contributed by atoms with E-state index >= 15 is 0 Å². The summed E-state index contributed by atoms with van der Waals surface area (Å²) in [5.74, 6) is 0. The lowest BCUT2D eigenvalue weighted by atomic mass is 10.1. The van der Waals surface area contributed by atoms with Crippen molar-refractivity contribution in [3.63, 3.8) is 0 Å². The van der Waals surface area contributed by atoms with Crippen molar-refractivity contribution in [2.45, 2.75) is 72.5 Å². The Hall–Kier alpha value is 0.0600. The second-order valence-corrected chi connectivity index (χ2v) is 6.78. The molecule has 0 aromatic rings. The van der Waals surface area contributed by atoms with Crippen molar-refractivity contribution < 1.29 is 0 Å². The largest absolute Gasteiger partial charge is 0.247 e. The van der Waals surface area contributed by atoms with E-state index < -0.39 is 0 Å². The van der Waals surface area contributed by atoms with Crippen LogP contribution in [0.15, 0.2) is 4.74 Å². The highest BCUT2D eigenvalue weighted by Gasteiger charge is 2.23. The summed E-state index contributed by atoms with van der Waals surface area (Å²) in [5, 5.41) is 0. The predicted octanol–water partition coefficient (Wildman–Crippen LogP) is 4.34. The van der Waals surface area contributed by atoms with E-state index in [0.717, 1.165) is 8.52 Å². The van der Waals surface area contributed by atoms with Crippen LogP contribution in [0.3, 0.4) is 0 Å². The van der Waals surface area contributed by atoms with Gasteiger partial charge in [-0.1, -0.05) is 0 Å². The normalized spacial score (nSPS) is 14.7. The van der Waals surface area contributed by atoms with Gasteiger partial charge in [0, 0.05) is 11.6 Å². The maximum Gasteiger partial charge on any atom is 0.0947 e. The van der Waals surface area contributed by atoms with Crippen LogP contribution in [0.25, 0.3) is 0 Å². The van der Waals surface area contributed by atoms with Crippen molar-refractivity contribution in [2.24, 2.45) is 4.74 Å². The number of hydrogen-bond acceptors (Lipinski definition) is 1. The first-order valence-electron chi connectivity index (χ1n) is 5.26. The molecule has 0 unspecified atom stereocenters. The highest BCUT2D eigenvalue weighted by atomic mass is 31.1. The number of hydrogen-bond donors (Lipinski definition) is 0. The lowest BCUT2D eigenvalue weighted by Gasteiger charge is -2.34. The van der Waals surface area contributed by atoms with E-state index in [1.54, 1.807) is 0 Å². The van der Waals surface area contributed by atoms with Crippen LogP contribution >= 0.6 is 8.52 Å². The summed E-state index contributed by atoms with van der Waals surface area (Å²) in [5.41, 5.74) is 0.240. The van der Waals surface area contributed by atoms with Crippen LogP contribution in [0.2, 0.25) is 0 Å². The molecule has 3 heteroatoms. The molecular weight excluding hydrogens is 191 g/mol. The smallest absolute Gasteiger partial charge is 0.0947 e. The molecule has 0 atom stereocenters. The molecule has 14 heavy (non-hydrogen) atoms. The third-order valence-electron chi connectivity index (χ3n) is 1.62. The molecule has 2 nitrogen and oxygen atoms in total. The van der Waals surface area contributed by atoms with Crippen LogP contribution in [-0.4, -0.2) is 21.8 Å². The minimum absolute atomic E-state index is 0.0555. The van der Waals surface area contributed by atoms with Crippen molar-refractivity contribution in [1.29, 1.82) is 0 Å². The Bertz CT molecular complexity index is 196. The second-order valence-electron chi connectivity index (χ2n) is 5.97. The monoisotopic (exact) mass is 216 g/mol. The van der Waals surface area contributed by atoms with Gasteiger partial charge >= 0.3 is 0 Å². The lowest BCUT2D eigenvalue weighted by molar-refractivity contribution is 0.227. The molecule has 0 aliphatic rings. The van der Waals surface area contributed by atoms with Crippen LogP contribution in [0.5, 0.6) is 0 Å². The fourth-order valence-electron chi connectivity index (χ4n) is 1.19. The summed E-state index contributed by atoms with van der Waals surface area (Å²) >= 11 is 0. The first-order chi connectivity index (χ1) is 6.04. The molecule has 0 radical (unpaired) electrons. The zero-order valence-electron chi connectivity index (χ0n) is 10.9. The lowest BCUT2D eigenvalue weighted by Crippen LogP contribution is -2.38. The van der Waals surface area contributed by atoms with Gasteiger partial charge in [0.2, 0.25) is 0 Å². The quantitative estimate of drug-likeness (QED) is 0.627. The minimum Gasteiger partial charge on any atom is -0.247 e. The van der Waals surface area contributed by atoms with Gasteiger partial charge in [-0.25, -0.2) is 9.42 Å². The van der Waals surface area contributed by atoms with E-state index in [1.807, 2.05) is 0 Å². The molecule has 0 N–H and O–H groups in total. The van der Waals surface area contributed by atoms with E-state index in [-0.39, 0.29) is 11.1 Å².